The number of amides is 1. The van der Waals surface area contributed by atoms with E-state index in [0.717, 1.165) is 50.0 Å². The molecule has 1 amide bonds. The van der Waals surface area contributed by atoms with Crippen molar-refractivity contribution in [3.8, 4) is 16.9 Å². The zero-order valence-electron chi connectivity index (χ0n) is 18.2. The first-order valence-electron chi connectivity index (χ1n) is 11.0. The lowest BCUT2D eigenvalue weighted by molar-refractivity contribution is -0.134. The molecule has 0 bridgehead atoms. The number of halogens is 1. The van der Waals surface area contributed by atoms with Crippen molar-refractivity contribution in [2.24, 2.45) is 0 Å². The van der Waals surface area contributed by atoms with Gasteiger partial charge < -0.3 is 9.64 Å². The Kier molecular flexibility index (Phi) is 5.94. The van der Waals surface area contributed by atoms with Crippen molar-refractivity contribution in [1.29, 1.82) is 0 Å². The molecular formula is C26H29ClN2O2. The molecule has 5 rings (SSSR count). The number of ether oxygens (including phenoxy) is 1. The number of nitrogens with zero attached hydrogens (tertiary/aromatic N) is 2. The van der Waals surface area contributed by atoms with Crippen LogP contribution in [0.5, 0.6) is 5.75 Å². The molecule has 162 valence electrons. The number of pyridine rings is 1. The van der Waals surface area contributed by atoms with E-state index in [1.807, 2.05) is 24.1 Å². The van der Waals surface area contributed by atoms with Crippen molar-refractivity contribution in [2.75, 3.05) is 13.1 Å². The van der Waals surface area contributed by atoms with Crippen molar-refractivity contribution in [2.45, 2.75) is 51.6 Å². The van der Waals surface area contributed by atoms with E-state index in [1.165, 1.54) is 27.6 Å². The number of aryl methyl sites for hydroxylation is 2. The number of carbonyl (C=O) groups excluding carboxylic acids is 1. The summed E-state index contributed by atoms with van der Waals surface area (Å²) in [5.41, 5.74) is 5.85. The van der Waals surface area contributed by atoms with Crippen LogP contribution in [0.15, 0.2) is 48.7 Å². The average molecular weight is 437 g/mol. The van der Waals surface area contributed by atoms with Crippen LogP contribution in [0.4, 0.5) is 0 Å². The molecule has 5 heteroatoms. The minimum atomic E-state index is -0.112. The van der Waals surface area contributed by atoms with E-state index in [2.05, 4.69) is 48.3 Å². The predicted molar refractivity (Wildman–Crippen MR) is 127 cm³/mol. The molecule has 3 heterocycles. The highest BCUT2D eigenvalue weighted by Gasteiger charge is 2.40. The molecule has 0 atom stereocenters. The first-order chi connectivity index (χ1) is 14.6. The van der Waals surface area contributed by atoms with Gasteiger partial charge in [-0.2, -0.15) is 0 Å². The molecule has 0 N–H and O–H groups in total. The van der Waals surface area contributed by atoms with Gasteiger partial charge in [-0.15, -0.1) is 12.4 Å². The third-order valence-electron chi connectivity index (χ3n) is 6.92. The maximum atomic E-state index is 12.0. The standard InChI is InChI=1S/C26H28N2O2.ClH/c1-3-25(29)28-14-12-26(13-15-28)11-10-20-16-19(8-9-24(20)30-26)22-17-27-23-7-5-4-6-21(23)18(22)2;/h4-9,16-17H,3,10-15H2,1-2H3;1H. The van der Waals surface area contributed by atoms with Crippen molar-refractivity contribution in [3.63, 3.8) is 0 Å². The molecule has 2 aliphatic rings. The van der Waals surface area contributed by atoms with Crippen LogP contribution in [0.25, 0.3) is 22.0 Å². The molecule has 1 aromatic heterocycles. The number of hydrogen-bond donors (Lipinski definition) is 0. The Morgan fingerprint density at radius 1 is 1.13 bits per heavy atom. The summed E-state index contributed by atoms with van der Waals surface area (Å²) in [5, 5.41) is 1.20. The number of carbonyl (C=O) groups is 1. The lowest BCUT2D eigenvalue weighted by Gasteiger charge is -2.44. The Labute approximate surface area is 190 Å². The zero-order chi connectivity index (χ0) is 20.7. The van der Waals surface area contributed by atoms with Gasteiger partial charge in [0.2, 0.25) is 5.91 Å². The van der Waals surface area contributed by atoms with Crippen LogP contribution in [0.3, 0.4) is 0 Å². The Bertz CT molecular complexity index is 1120. The van der Waals surface area contributed by atoms with Gasteiger partial charge in [0.15, 0.2) is 0 Å². The van der Waals surface area contributed by atoms with Gasteiger partial charge in [-0.25, -0.2) is 0 Å². The Morgan fingerprint density at radius 2 is 1.90 bits per heavy atom. The summed E-state index contributed by atoms with van der Waals surface area (Å²) in [5.74, 6) is 1.26. The first-order valence-corrected chi connectivity index (χ1v) is 11.0. The molecule has 2 aromatic carbocycles. The third kappa shape index (κ3) is 3.89. The van der Waals surface area contributed by atoms with Gasteiger partial charge in [-0.3, -0.25) is 9.78 Å². The summed E-state index contributed by atoms with van der Waals surface area (Å²) in [6.45, 7) is 5.73. The molecule has 0 unspecified atom stereocenters. The van der Waals surface area contributed by atoms with Gasteiger partial charge in [0.25, 0.3) is 0 Å². The van der Waals surface area contributed by atoms with E-state index in [0.29, 0.717) is 6.42 Å². The van der Waals surface area contributed by atoms with Gasteiger partial charge in [-0.1, -0.05) is 31.2 Å². The number of benzene rings is 2. The van der Waals surface area contributed by atoms with Crippen molar-refractivity contribution < 1.29 is 9.53 Å². The topological polar surface area (TPSA) is 42.4 Å². The van der Waals surface area contributed by atoms with Crippen LogP contribution in [0.1, 0.15) is 43.7 Å². The summed E-state index contributed by atoms with van der Waals surface area (Å²) < 4.78 is 6.56. The van der Waals surface area contributed by atoms with E-state index in [4.69, 9.17) is 4.74 Å². The fourth-order valence-electron chi connectivity index (χ4n) is 5.00. The second kappa shape index (κ2) is 8.51. The molecule has 3 aromatic rings. The Hall–Kier alpha value is -2.59. The molecule has 31 heavy (non-hydrogen) atoms. The highest BCUT2D eigenvalue weighted by atomic mass is 35.5. The molecular weight excluding hydrogens is 408 g/mol. The Morgan fingerprint density at radius 3 is 2.68 bits per heavy atom. The highest BCUT2D eigenvalue weighted by Crippen LogP contribution is 2.41. The number of likely N-dealkylation sites (tertiary alicyclic amines) is 1. The molecule has 1 saturated heterocycles. The van der Waals surface area contributed by atoms with Crippen LogP contribution < -0.4 is 4.74 Å². The number of hydrogen-bond acceptors (Lipinski definition) is 3. The molecule has 1 spiro atoms. The normalized spacial score (nSPS) is 17.0. The summed E-state index contributed by atoms with van der Waals surface area (Å²) >= 11 is 0. The summed E-state index contributed by atoms with van der Waals surface area (Å²) in [6.07, 6.45) is 6.46. The predicted octanol–water partition coefficient (Wildman–Crippen LogP) is 5.73. The molecule has 0 radical (unpaired) electrons. The molecule has 0 aliphatic carbocycles. The van der Waals surface area contributed by atoms with E-state index >= 15 is 0 Å². The van der Waals surface area contributed by atoms with E-state index in [-0.39, 0.29) is 23.9 Å². The fourth-order valence-corrected chi connectivity index (χ4v) is 5.00. The molecule has 1 fully saturated rings. The maximum Gasteiger partial charge on any atom is 0.222 e. The van der Waals surface area contributed by atoms with Crippen LogP contribution in [0, 0.1) is 6.92 Å². The van der Waals surface area contributed by atoms with Crippen molar-refractivity contribution >= 4 is 29.2 Å². The molecule has 0 saturated carbocycles. The number of aromatic nitrogens is 1. The summed E-state index contributed by atoms with van der Waals surface area (Å²) in [6, 6.07) is 14.9. The van der Waals surface area contributed by atoms with Gasteiger partial charge in [0.05, 0.1) is 5.52 Å². The van der Waals surface area contributed by atoms with E-state index in [9.17, 15) is 4.79 Å². The maximum absolute atomic E-state index is 12.0. The van der Waals surface area contributed by atoms with Crippen LogP contribution >= 0.6 is 12.4 Å². The van der Waals surface area contributed by atoms with Gasteiger partial charge in [-0.05, 0) is 54.7 Å². The fraction of sp³-hybridized carbons (Fsp3) is 0.385. The lowest BCUT2D eigenvalue weighted by atomic mass is 9.82. The lowest BCUT2D eigenvalue weighted by Crippen LogP contribution is -2.51. The average Bonchev–Trinajstić information content (AvgIpc) is 2.79. The zero-order valence-corrected chi connectivity index (χ0v) is 19.0. The van der Waals surface area contributed by atoms with Gasteiger partial charge >= 0.3 is 0 Å². The minimum Gasteiger partial charge on any atom is -0.487 e. The smallest absolute Gasteiger partial charge is 0.222 e. The highest BCUT2D eigenvalue weighted by molar-refractivity contribution is 5.88. The SMILES string of the molecule is CCC(=O)N1CCC2(CCc3cc(-c4cnc5ccccc5c4C)ccc3O2)CC1.Cl. The largest absolute Gasteiger partial charge is 0.487 e. The van der Waals surface area contributed by atoms with E-state index < -0.39 is 0 Å². The minimum absolute atomic E-state index is 0. The third-order valence-corrected chi connectivity index (χ3v) is 6.92. The number of para-hydroxylation sites is 1. The van der Waals surface area contributed by atoms with Gasteiger partial charge in [0, 0.05) is 49.5 Å². The van der Waals surface area contributed by atoms with Crippen LogP contribution in [0.2, 0.25) is 0 Å². The second-order valence-electron chi connectivity index (χ2n) is 8.66. The van der Waals surface area contributed by atoms with E-state index in [1.54, 1.807) is 0 Å². The Balaban J connectivity index is 0.00000231. The quantitative estimate of drug-likeness (QED) is 0.515. The van der Waals surface area contributed by atoms with Crippen molar-refractivity contribution in [3.05, 3.63) is 59.8 Å². The molecule has 4 nitrogen and oxygen atoms in total. The number of fused-ring (bicyclic) bond motifs is 2. The van der Waals surface area contributed by atoms with Gasteiger partial charge in [0.1, 0.15) is 11.4 Å². The van der Waals surface area contributed by atoms with Crippen molar-refractivity contribution in [1.82, 2.24) is 9.88 Å². The summed E-state index contributed by atoms with van der Waals surface area (Å²) in [4.78, 5) is 18.7. The van der Waals surface area contributed by atoms with Crippen LogP contribution in [-0.4, -0.2) is 34.5 Å². The number of rotatable bonds is 2. The number of piperidine rings is 1. The second-order valence-corrected chi connectivity index (χ2v) is 8.66. The summed E-state index contributed by atoms with van der Waals surface area (Å²) in [7, 11) is 0. The van der Waals surface area contributed by atoms with Crippen LogP contribution in [-0.2, 0) is 11.2 Å². The first kappa shape index (κ1) is 21.6. The molecule has 2 aliphatic heterocycles. The monoisotopic (exact) mass is 436 g/mol.